The predicted octanol–water partition coefficient (Wildman–Crippen LogP) is 2.66. The molecular formula is C16H25NO5S. The molecule has 1 saturated heterocycles. The van der Waals surface area contributed by atoms with Gasteiger partial charge in [0.1, 0.15) is 17.2 Å². The van der Waals surface area contributed by atoms with Gasteiger partial charge in [0.25, 0.3) is 10.0 Å². The summed E-state index contributed by atoms with van der Waals surface area (Å²) < 4.78 is 44.0. The molecule has 2 atom stereocenters. The number of sulfonamides is 1. The zero-order valence-corrected chi connectivity index (χ0v) is 15.1. The van der Waals surface area contributed by atoms with Crippen LogP contribution in [-0.4, -0.2) is 46.1 Å². The molecule has 0 N–H and O–H groups in total. The maximum Gasteiger partial charge on any atom is 0.250 e. The summed E-state index contributed by atoms with van der Waals surface area (Å²) in [6.45, 7) is 3.88. The molecular weight excluding hydrogens is 318 g/mol. The summed E-state index contributed by atoms with van der Waals surface area (Å²) in [6, 6.07) is 3.02. The summed E-state index contributed by atoms with van der Waals surface area (Å²) in [5.41, 5.74) is 0. The molecule has 0 amide bonds. The lowest BCUT2D eigenvalue weighted by Crippen LogP contribution is -2.47. The first kappa shape index (κ1) is 17.9. The summed E-state index contributed by atoms with van der Waals surface area (Å²) in [4.78, 5) is 0.0592. The van der Waals surface area contributed by atoms with Gasteiger partial charge in [-0.05, 0) is 26.7 Å². The first-order valence-electron chi connectivity index (χ1n) is 7.70. The van der Waals surface area contributed by atoms with Crippen LogP contribution in [0.4, 0.5) is 0 Å². The maximum absolute atomic E-state index is 13.3. The van der Waals surface area contributed by atoms with Crippen LogP contribution in [0.25, 0.3) is 0 Å². The van der Waals surface area contributed by atoms with Gasteiger partial charge in [-0.2, -0.15) is 4.31 Å². The summed E-state index contributed by atoms with van der Waals surface area (Å²) in [6.07, 6.45) is 2.74. The van der Waals surface area contributed by atoms with E-state index < -0.39 is 10.0 Å². The smallest absolute Gasteiger partial charge is 0.250 e. The van der Waals surface area contributed by atoms with Gasteiger partial charge in [-0.3, -0.25) is 0 Å². The van der Waals surface area contributed by atoms with Crippen molar-refractivity contribution in [2.45, 2.75) is 50.1 Å². The zero-order valence-electron chi connectivity index (χ0n) is 14.3. The quantitative estimate of drug-likeness (QED) is 0.822. The van der Waals surface area contributed by atoms with Crippen LogP contribution in [0.1, 0.15) is 33.1 Å². The number of methoxy groups -OCH3 is 3. The summed E-state index contributed by atoms with van der Waals surface area (Å²) in [5.74, 6) is 0.940. The fourth-order valence-corrected chi connectivity index (χ4v) is 5.37. The Bertz CT molecular complexity index is 623. The van der Waals surface area contributed by atoms with Gasteiger partial charge in [0.15, 0.2) is 4.90 Å². The van der Waals surface area contributed by atoms with E-state index in [0.29, 0.717) is 5.75 Å². The van der Waals surface area contributed by atoms with Crippen LogP contribution in [0.3, 0.4) is 0 Å². The van der Waals surface area contributed by atoms with E-state index in [-0.39, 0.29) is 28.5 Å². The number of piperidine rings is 1. The van der Waals surface area contributed by atoms with Crippen LogP contribution in [0.5, 0.6) is 17.2 Å². The van der Waals surface area contributed by atoms with Crippen molar-refractivity contribution in [2.75, 3.05) is 21.3 Å². The molecule has 0 aliphatic carbocycles. The SMILES string of the molecule is COc1cc(OC)c(S(=O)(=O)N2C(C)CCCC2C)c(OC)c1. The highest BCUT2D eigenvalue weighted by atomic mass is 32.2. The molecule has 1 aromatic rings. The van der Waals surface area contributed by atoms with E-state index >= 15 is 0 Å². The lowest BCUT2D eigenvalue weighted by atomic mass is 10.0. The third kappa shape index (κ3) is 3.26. The van der Waals surface area contributed by atoms with Crippen LogP contribution < -0.4 is 14.2 Å². The third-order valence-corrected chi connectivity index (χ3v) is 6.51. The standard InChI is InChI=1S/C16H25NO5S/c1-11-7-6-8-12(2)17(11)23(18,19)16-14(21-4)9-13(20-3)10-15(16)22-5/h9-12H,6-8H2,1-5H3. The summed E-state index contributed by atoms with van der Waals surface area (Å²) in [5, 5.41) is 0. The van der Waals surface area contributed by atoms with Gasteiger partial charge in [0.2, 0.25) is 0 Å². The number of ether oxygens (including phenoxy) is 3. The van der Waals surface area contributed by atoms with Gasteiger partial charge in [-0.1, -0.05) is 6.42 Å². The Morgan fingerprint density at radius 3 is 1.83 bits per heavy atom. The van der Waals surface area contributed by atoms with Crippen molar-refractivity contribution >= 4 is 10.0 Å². The topological polar surface area (TPSA) is 65.1 Å². The first-order chi connectivity index (χ1) is 10.9. The largest absolute Gasteiger partial charge is 0.496 e. The van der Waals surface area contributed by atoms with Crippen molar-refractivity contribution in [3.8, 4) is 17.2 Å². The van der Waals surface area contributed by atoms with Crippen LogP contribution in [0.2, 0.25) is 0 Å². The van der Waals surface area contributed by atoms with Gasteiger partial charge >= 0.3 is 0 Å². The molecule has 2 rings (SSSR count). The number of hydrogen-bond acceptors (Lipinski definition) is 5. The molecule has 7 heteroatoms. The van der Waals surface area contributed by atoms with Crippen molar-refractivity contribution in [1.82, 2.24) is 4.31 Å². The van der Waals surface area contributed by atoms with Crippen LogP contribution in [-0.2, 0) is 10.0 Å². The van der Waals surface area contributed by atoms with Gasteiger partial charge in [-0.15, -0.1) is 0 Å². The average molecular weight is 343 g/mol. The van der Waals surface area contributed by atoms with E-state index in [1.165, 1.54) is 21.3 Å². The number of nitrogens with zero attached hydrogens (tertiary/aromatic N) is 1. The zero-order chi connectivity index (χ0) is 17.2. The number of rotatable bonds is 5. The lowest BCUT2D eigenvalue weighted by molar-refractivity contribution is 0.203. The minimum atomic E-state index is -3.74. The van der Waals surface area contributed by atoms with Crippen molar-refractivity contribution in [3.05, 3.63) is 12.1 Å². The summed E-state index contributed by atoms with van der Waals surface area (Å²) >= 11 is 0. The molecule has 0 saturated carbocycles. The highest BCUT2D eigenvalue weighted by Crippen LogP contribution is 2.41. The van der Waals surface area contributed by atoms with E-state index in [9.17, 15) is 8.42 Å². The highest BCUT2D eigenvalue weighted by Gasteiger charge is 2.39. The molecule has 6 nitrogen and oxygen atoms in total. The second-order valence-electron chi connectivity index (χ2n) is 5.82. The molecule has 23 heavy (non-hydrogen) atoms. The van der Waals surface area contributed by atoms with Crippen molar-refractivity contribution in [2.24, 2.45) is 0 Å². The van der Waals surface area contributed by atoms with Crippen LogP contribution in [0.15, 0.2) is 17.0 Å². The monoisotopic (exact) mass is 343 g/mol. The molecule has 1 aliphatic rings. The number of hydrogen-bond donors (Lipinski definition) is 0. The Hall–Kier alpha value is -1.47. The summed E-state index contributed by atoms with van der Waals surface area (Å²) in [7, 11) is 0.649. The minimum absolute atomic E-state index is 0.0553. The van der Waals surface area contributed by atoms with Gasteiger partial charge in [-0.25, -0.2) is 8.42 Å². The normalized spacial score (nSPS) is 22.7. The number of benzene rings is 1. The Balaban J connectivity index is 2.63. The third-order valence-electron chi connectivity index (χ3n) is 4.32. The molecule has 2 unspecified atom stereocenters. The second kappa shape index (κ2) is 6.97. The van der Waals surface area contributed by atoms with Crippen molar-refractivity contribution < 1.29 is 22.6 Å². The molecule has 1 aromatic carbocycles. The molecule has 0 bridgehead atoms. The Kier molecular flexibility index (Phi) is 5.41. The van der Waals surface area contributed by atoms with E-state index in [0.717, 1.165) is 19.3 Å². The fraction of sp³-hybridized carbons (Fsp3) is 0.625. The second-order valence-corrected chi connectivity index (χ2v) is 7.60. The predicted molar refractivity (Wildman–Crippen MR) is 87.9 cm³/mol. The molecule has 0 aromatic heterocycles. The van der Waals surface area contributed by atoms with Crippen LogP contribution >= 0.6 is 0 Å². The fourth-order valence-electron chi connectivity index (χ4n) is 3.20. The Labute approximate surface area is 138 Å². The first-order valence-corrected chi connectivity index (χ1v) is 9.14. The highest BCUT2D eigenvalue weighted by molar-refractivity contribution is 7.89. The van der Waals surface area contributed by atoms with E-state index in [1.54, 1.807) is 16.4 Å². The van der Waals surface area contributed by atoms with E-state index in [4.69, 9.17) is 14.2 Å². The molecule has 0 spiro atoms. The molecule has 1 heterocycles. The maximum atomic E-state index is 13.3. The molecule has 130 valence electrons. The lowest BCUT2D eigenvalue weighted by Gasteiger charge is -2.38. The van der Waals surface area contributed by atoms with Crippen molar-refractivity contribution in [3.63, 3.8) is 0 Å². The minimum Gasteiger partial charge on any atom is -0.496 e. The molecule has 1 aliphatic heterocycles. The Morgan fingerprint density at radius 2 is 1.43 bits per heavy atom. The Morgan fingerprint density at radius 1 is 0.957 bits per heavy atom. The van der Waals surface area contributed by atoms with E-state index in [1.807, 2.05) is 13.8 Å². The van der Waals surface area contributed by atoms with E-state index in [2.05, 4.69) is 0 Å². The average Bonchev–Trinajstić information content (AvgIpc) is 2.52. The molecule has 1 fully saturated rings. The van der Waals surface area contributed by atoms with Gasteiger partial charge in [0.05, 0.1) is 21.3 Å². The van der Waals surface area contributed by atoms with Gasteiger partial charge in [0, 0.05) is 24.2 Å². The van der Waals surface area contributed by atoms with Gasteiger partial charge < -0.3 is 14.2 Å². The van der Waals surface area contributed by atoms with Crippen LogP contribution in [0, 0.1) is 0 Å². The van der Waals surface area contributed by atoms with Crippen molar-refractivity contribution in [1.29, 1.82) is 0 Å². The molecule has 0 radical (unpaired) electrons.